The Kier molecular flexibility index (Phi) is 4.23. The van der Waals surface area contributed by atoms with Crippen LogP contribution in [0.4, 0.5) is 5.69 Å². The minimum absolute atomic E-state index is 0.154. The molecule has 100 valence electrons. The molecule has 0 saturated carbocycles. The van der Waals surface area contributed by atoms with E-state index >= 15 is 0 Å². The van der Waals surface area contributed by atoms with Crippen LogP contribution in [-0.4, -0.2) is 6.54 Å². The first kappa shape index (κ1) is 13.6. The van der Waals surface area contributed by atoms with Crippen molar-refractivity contribution in [3.63, 3.8) is 0 Å². The van der Waals surface area contributed by atoms with Crippen molar-refractivity contribution in [1.29, 1.82) is 0 Å². The summed E-state index contributed by atoms with van der Waals surface area (Å²) < 4.78 is 0. The predicted octanol–water partition coefficient (Wildman–Crippen LogP) is 3.72. The van der Waals surface area contributed by atoms with Crippen LogP contribution in [0, 0.1) is 20.8 Å². The molecule has 0 heterocycles. The molecule has 2 aromatic rings. The summed E-state index contributed by atoms with van der Waals surface area (Å²) in [6.45, 7) is 6.92. The van der Waals surface area contributed by atoms with Crippen LogP contribution in [0.5, 0.6) is 0 Å². The fraction of sp³-hybridized carbons (Fsp3) is 0.294. The van der Waals surface area contributed by atoms with Crippen LogP contribution in [0.2, 0.25) is 0 Å². The molecule has 2 rings (SSSR count). The topological polar surface area (TPSA) is 38.0 Å². The molecule has 19 heavy (non-hydrogen) atoms. The summed E-state index contributed by atoms with van der Waals surface area (Å²) in [5.41, 5.74) is 12.1. The molecular weight excluding hydrogens is 232 g/mol. The molecule has 0 spiro atoms. The van der Waals surface area contributed by atoms with Gasteiger partial charge in [-0.15, -0.1) is 0 Å². The fourth-order valence-corrected chi connectivity index (χ4v) is 2.33. The quantitative estimate of drug-likeness (QED) is 0.872. The molecule has 0 bridgehead atoms. The van der Waals surface area contributed by atoms with Crippen LogP contribution in [0.3, 0.4) is 0 Å². The number of benzene rings is 2. The van der Waals surface area contributed by atoms with Gasteiger partial charge in [-0.05, 0) is 38.0 Å². The van der Waals surface area contributed by atoms with Gasteiger partial charge in [0.05, 0.1) is 6.04 Å². The molecule has 2 aromatic carbocycles. The molecule has 0 radical (unpaired) electrons. The van der Waals surface area contributed by atoms with Crippen LogP contribution >= 0.6 is 0 Å². The highest BCUT2D eigenvalue weighted by molar-refractivity contribution is 5.53. The molecule has 0 fully saturated rings. The average molecular weight is 254 g/mol. The van der Waals surface area contributed by atoms with Crippen molar-refractivity contribution in [3.05, 3.63) is 64.7 Å². The number of aryl methyl sites for hydroxylation is 3. The lowest BCUT2D eigenvalue weighted by Gasteiger charge is -2.20. The smallest absolute Gasteiger partial charge is 0.0636 e. The van der Waals surface area contributed by atoms with E-state index in [1.807, 2.05) is 0 Å². The Bertz CT molecular complexity index is 561. The van der Waals surface area contributed by atoms with Gasteiger partial charge in [0.1, 0.15) is 0 Å². The van der Waals surface area contributed by atoms with Crippen molar-refractivity contribution in [2.75, 3.05) is 11.9 Å². The van der Waals surface area contributed by atoms with Gasteiger partial charge in [0, 0.05) is 12.2 Å². The van der Waals surface area contributed by atoms with Crippen molar-refractivity contribution in [1.82, 2.24) is 0 Å². The van der Waals surface area contributed by atoms with E-state index in [1.54, 1.807) is 0 Å². The van der Waals surface area contributed by atoms with Crippen molar-refractivity contribution in [2.45, 2.75) is 26.8 Å². The molecule has 1 unspecified atom stereocenters. The zero-order valence-electron chi connectivity index (χ0n) is 11.9. The second-order valence-corrected chi connectivity index (χ2v) is 5.17. The van der Waals surface area contributed by atoms with Gasteiger partial charge in [-0.25, -0.2) is 0 Å². The lowest BCUT2D eigenvalue weighted by Crippen LogP contribution is -2.21. The highest BCUT2D eigenvalue weighted by Gasteiger charge is 2.10. The molecule has 0 saturated heterocycles. The third kappa shape index (κ3) is 3.36. The molecular formula is C17H22N2. The molecule has 3 N–H and O–H groups in total. The van der Waals surface area contributed by atoms with Gasteiger partial charge in [-0.3, -0.25) is 0 Å². The summed E-state index contributed by atoms with van der Waals surface area (Å²) >= 11 is 0. The summed E-state index contributed by atoms with van der Waals surface area (Å²) in [5, 5.41) is 3.54. The first-order valence-electron chi connectivity index (χ1n) is 6.70. The fourth-order valence-electron chi connectivity index (χ4n) is 2.33. The average Bonchev–Trinajstić information content (AvgIpc) is 2.38. The molecule has 0 aliphatic carbocycles. The monoisotopic (exact) mass is 254 g/mol. The predicted molar refractivity (Wildman–Crippen MR) is 82.5 cm³/mol. The summed E-state index contributed by atoms with van der Waals surface area (Å²) in [7, 11) is 0. The van der Waals surface area contributed by atoms with E-state index in [9.17, 15) is 0 Å². The number of rotatable bonds is 4. The highest BCUT2D eigenvalue weighted by atomic mass is 14.9. The van der Waals surface area contributed by atoms with Gasteiger partial charge in [-0.2, -0.15) is 0 Å². The zero-order valence-corrected chi connectivity index (χ0v) is 11.9. The number of nitrogens with one attached hydrogen (secondary N) is 1. The molecule has 0 aliphatic rings. The van der Waals surface area contributed by atoms with E-state index in [0.717, 1.165) is 5.69 Å². The molecule has 2 heteroatoms. The number of nitrogens with two attached hydrogens (primary N) is 1. The van der Waals surface area contributed by atoms with Gasteiger partial charge in [-0.1, -0.05) is 47.5 Å². The van der Waals surface area contributed by atoms with Crippen LogP contribution in [-0.2, 0) is 0 Å². The third-order valence-corrected chi connectivity index (χ3v) is 3.39. The summed E-state index contributed by atoms with van der Waals surface area (Å²) in [6, 6.07) is 15.1. The summed E-state index contributed by atoms with van der Waals surface area (Å²) in [4.78, 5) is 0. The Hall–Kier alpha value is -1.80. The van der Waals surface area contributed by atoms with Gasteiger partial charge in [0.25, 0.3) is 0 Å². The maximum Gasteiger partial charge on any atom is 0.0636 e. The van der Waals surface area contributed by atoms with E-state index in [1.165, 1.54) is 22.3 Å². The Morgan fingerprint density at radius 2 is 1.74 bits per heavy atom. The van der Waals surface area contributed by atoms with E-state index in [0.29, 0.717) is 6.54 Å². The molecule has 0 aromatic heterocycles. The van der Waals surface area contributed by atoms with Crippen molar-refractivity contribution in [3.8, 4) is 0 Å². The second kappa shape index (κ2) is 5.89. The third-order valence-electron chi connectivity index (χ3n) is 3.39. The summed E-state index contributed by atoms with van der Waals surface area (Å²) in [6.07, 6.45) is 0. The molecule has 2 nitrogen and oxygen atoms in total. The largest absolute Gasteiger partial charge is 0.377 e. The van der Waals surface area contributed by atoms with Crippen LogP contribution in [0.15, 0.2) is 42.5 Å². The van der Waals surface area contributed by atoms with Gasteiger partial charge < -0.3 is 11.1 Å². The summed E-state index contributed by atoms with van der Waals surface area (Å²) in [5.74, 6) is 0. The Labute approximate surface area is 115 Å². The second-order valence-electron chi connectivity index (χ2n) is 5.17. The molecule has 0 amide bonds. The van der Waals surface area contributed by atoms with E-state index in [2.05, 4.69) is 68.6 Å². The van der Waals surface area contributed by atoms with Crippen LogP contribution in [0.25, 0.3) is 0 Å². The van der Waals surface area contributed by atoms with E-state index < -0.39 is 0 Å². The van der Waals surface area contributed by atoms with Crippen molar-refractivity contribution >= 4 is 5.69 Å². The minimum Gasteiger partial charge on any atom is -0.377 e. The number of hydrogen-bond donors (Lipinski definition) is 2. The van der Waals surface area contributed by atoms with E-state index in [4.69, 9.17) is 5.73 Å². The maximum atomic E-state index is 5.92. The van der Waals surface area contributed by atoms with Crippen LogP contribution in [0.1, 0.15) is 28.3 Å². The first-order valence-corrected chi connectivity index (χ1v) is 6.70. The van der Waals surface area contributed by atoms with Crippen molar-refractivity contribution in [2.24, 2.45) is 5.73 Å². The lowest BCUT2D eigenvalue weighted by molar-refractivity contribution is 0.788. The highest BCUT2D eigenvalue weighted by Crippen LogP contribution is 2.23. The molecule has 0 aliphatic heterocycles. The number of anilines is 1. The lowest BCUT2D eigenvalue weighted by atomic mass is 10.0. The standard InChI is InChI=1S/C17H22N2/c1-12-5-4-6-15(10-12)17(11-18)19-16-8-7-13(2)9-14(16)3/h4-10,17,19H,11,18H2,1-3H3. The van der Waals surface area contributed by atoms with Crippen LogP contribution < -0.4 is 11.1 Å². The van der Waals surface area contributed by atoms with Gasteiger partial charge in [0.15, 0.2) is 0 Å². The van der Waals surface area contributed by atoms with Gasteiger partial charge in [0.2, 0.25) is 0 Å². The minimum atomic E-state index is 0.154. The van der Waals surface area contributed by atoms with E-state index in [-0.39, 0.29) is 6.04 Å². The maximum absolute atomic E-state index is 5.92. The number of hydrogen-bond acceptors (Lipinski definition) is 2. The normalized spacial score (nSPS) is 12.2. The first-order chi connectivity index (χ1) is 9.10. The Balaban J connectivity index is 2.24. The zero-order chi connectivity index (χ0) is 13.8. The Morgan fingerprint density at radius 1 is 1.00 bits per heavy atom. The molecule has 1 atom stereocenters. The SMILES string of the molecule is Cc1cccc(C(CN)Nc2ccc(C)cc2C)c1. The van der Waals surface area contributed by atoms with Crippen molar-refractivity contribution < 1.29 is 0 Å². The Morgan fingerprint density at radius 3 is 2.37 bits per heavy atom. The van der Waals surface area contributed by atoms with Gasteiger partial charge >= 0.3 is 0 Å².